The Balaban J connectivity index is 1.86. The van der Waals surface area contributed by atoms with Crippen molar-refractivity contribution in [1.29, 1.82) is 0 Å². The zero-order valence-corrected chi connectivity index (χ0v) is 11.5. The Bertz CT molecular complexity index is 556. The predicted molar refractivity (Wildman–Crippen MR) is 73.5 cm³/mol. The smallest absolute Gasteiger partial charge is 0.255 e. The molecule has 5 heteroatoms. The molecule has 0 spiro atoms. The average molecular weight is 274 g/mol. The van der Waals surface area contributed by atoms with E-state index in [1.165, 1.54) is 0 Å². The zero-order valence-electron chi connectivity index (χ0n) is 11.5. The molecule has 5 nitrogen and oxygen atoms in total. The molecular formula is C15H18N2O3. The Hall–Kier alpha value is -2.04. The number of benzene rings is 1. The highest BCUT2D eigenvalue weighted by Crippen LogP contribution is 2.29. The minimum absolute atomic E-state index is 0.0318. The minimum atomic E-state index is -0.344. The van der Waals surface area contributed by atoms with Crippen LogP contribution in [0.1, 0.15) is 35.2 Å². The quantitative estimate of drug-likeness (QED) is 0.885. The topological polar surface area (TPSA) is 58.6 Å². The van der Waals surface area contributed by atoms with Crippen LogP contribution in [0.25, 0.3) is 0 Å². The van der Waals surface area contributed by atoms with Crippen molar-refractivity contribution >= 4 is 11.8 Å². The van der Waals surface area contributed by atoms with Crippen molar-refractivity contribution in [3.63, 3.8) is 0 Å². The molecule has 0 aliphatic carbocycles. The summed E-state index contributed by atoms with van der Waals surface area (Å²) in [5, 5.41) is 2.88. The molecule has 0 radical (unpaired) electrons. The van der Waals surface area contributed by atoms with E-state index in [0.29, 0.717) is 18.7 Å². The van der Waals surface area contributed by atoms with E-state index in [1.54, 1.807) is 24.1 Å². The van der Waals surface area contributed by atoms with Gasteiger partial charge in [0.25, 0.3) is 5.91 Å². The van der Waals surface area contributed by atoms with E-state index in [1.807, 2.05) is 6.07 Å². The van der Waals surface area contributed by atoms with E-state index in [-0.39, 0.29) is 17.9 Å². The lowest BCUT2D eigenvalue weighted by atomic mass is 10.1. The Morgan fingerprint density at radius 3 is 2.95 bits per heavy atom. The monoisotopic (exact) mass is 274 g/mol. The van der Waals surface area contributed by atoms with Crippen molar-refractivity contribution in [2.24, 2.45) is 0 Å². The summed E-state index contributed by atoms with van der Waals surface area (Å²) < 4.78 is 5.19. The second kappa shape index (κ2) is 5.15. The van der Waals surface area contributed by atoms with E-state index in [2.05, 4.69) is 5.32 Å². The van der Waals surface area contributed by atoms with Gasteiger partial charge in [0.05, 0.1) is 7.11 Å². The van der Waals surface area contributed by atoms with Gasteiger partial charge in [-0.05, 0) is 43.0 Å². The third-order valence-electron chi connectivity index (χ3n) is 4.03. The maximum absolute atomic E-state index is 12.5. The Morgan fingerprint density at radius 2 is 2.15 bits per heavy atom. The average Bonchev–Trinajstić information content (AvgIpc) is 2.64. The van der Waals surface area contributed by atoms with E-state index < -0.39 is 0 Å². The van der Waals surface area contributed by atoms with Crippen molar-refractivity contribution in [3.05, 3.63) is 29.3 Å². The molecule has 0 aromatic heterocycles. The molecule has 1 aromatic carbocycles. The molecule has 1 fully saturated rings. The molecule has 2 heterocycles. The molecule has 2 amide bonds. The van der Waals surface area contributed by atoms with Crippen LogP contribution in [0.15, 0.2) is 18.2 Å². The Kier molecular flexibility index (Phi) is 3.34. The molecular weight excluding hydrogens is 256 g/mol. The second-order valence-corrected chi connectivity index (χ2v) is 5.26. The maximum atomic E-state index is 12.5. The molecule has 1 saturated heterocycles. The molecule has 1 aromatic rings. The van der Waals surface area contributed by atoms with E-state index in [9.17, 15) is 9.59 Å². The fourth-order valence-electron chi connectivity index (χ4n) is 2.92. The summed E-state index contributed by atoms with van der Waals surface area (Å²) in [7, 11) is 1.61. The summed E-state index contributed by atoms with van der Waals surface area (Å²) in [5.74, 6) is 0.657. The van der Waals surface area contributed by atoms with Gasteiger partial charge in [0.2, 0.25) is 5.91 Å². The number of rotatable bonds is 2. The number of hydrogen-bond donors (Lipinski definition) is 1. The first kappa shape index (κ1) is 13.0. The molecule has 0 bridgehead atoms. The molecule has 0 saturated carbocycles. The third-order valence-corrected chi connectivity index (χ3v) is 4.03. The van der Waals surface area contributed by atoms with Gasteiger partial charge in [-0.2, -0.15) is 0 Å². The highest BCUT2D eigenvalue weighted by atomic mass is 16.5. The summed E-state index contributed by atoms with van der Waals surface area (Å²) in [6, 6.07) is 5.10. The van der Waals surface area contributed by atoms with Crippen LogP contribution in [-0.2, 0) is 11.3 Å². The number of carbonyl (C=O) groups excluding carboxylic acids is 2. The van der Waals surface area contributed by atoms with Crippen LogP contribution in [-0.4, -0.2) is 36.4 Å². The molecule has 2 aliphatic heterocycles. The number of carbonyl (C=O) groups is 2. The van der Waals surface area contributed by atoms with Gasteiger partial charge in [-0.1, -0.05) is 0 Å². The first-order chi connectivity index (χ1) is 9.70. The fraction of sp³-hybridized carbons (Fsp3) is 0.467. The van der Waals surface area contributed by atoms with Gasteiger partial charge in [0, 0.05) is 18.7 Å². The lowest BCUT2D eigenvalue weighted by Crippen LogP contribution is -2.45. The van der Waals surface area contributed by atoms with Gasteiger partial charge in [0.15, 0.2) is 0 Å². The number of hydrogen-bond acceptors (Lipinski definition) is 3. The summed E-state index contributed by atoms with van der Waals surface area (Å²) in [6.07, 6.45) is 2.68. The summed E-state index contributed by atoms with van der Waals surface area (Å²) >= 11 is 0. The second-order valence-electron chi connectivity index (χ2n) is 5.26. The normalized spacial score (nSPS) is 22.2. The van der Waals surface area contributed by atoms with Crippen molar-refractivity contribution < 1.29 is 14.3 Å². The minimum Gasteiger partial charge on any atom is -0.497 e. The summed E-state index contributed by atoms with van der Waals surface area (Å²) in [5.41, 5.74) is 1.62. The molecule has 106 valence electrons. The van der Waals surface area contributed by atoms with Crippen LogP contribution in [0, 0.1) is 0 Å². The van der Waals surface area contributed by atoms with Gasteiger partial charge in [-0.15, -0.1) is 0 Å². The van der Waals surface area contributed by atoms with Crippen molar-refractivity contribution in [3.8, 4) is 5.75 Å². The lowest BCUT2D eigenvalue weighted by Gasteiger charge is -2.25. The highest BCUT2D eigenvalue weighted by molar-refractivity contribution is 6.01. The van der Waals surface area contributed by atoms with Crippen molar-refractivity contribution in [2.75, 3.05) is 13.7 Å². The van der Waals surface area contributed by atoms with E-state index >= 15 is 0 Å². The molecule has 20 heavy (non-hydrogen) atoms. The largest absolute Gasteiger partial charge is 0.497 e. The number of fused-ring (bicyclic) bond motifs is 1. The molecule has 1 N–H and O–H groups in total. The van der Waals surface area contributed by atoms with Gasteiger partial charge in [-0.3, -0.25) is 9.59 Å². The van der Waals surface area contributed by atoms with Crippen molar-refractivity contribution in [2.45, 2.75) is 31.8 Å². The molecule has 1 atom stereocenters. The van der Waals surface area contributed by atoms with Gasteiger partial charge in [0.1, 0.15) is 11.8 Å². The van der Waals surface area contributed by atoms with Crippen LogP contribution in [0.2, 0.25) is 0 Å². The van der Waals surface area contributed by atoms with Gasteiger partial charge >= 0.3 is 0 Å². The van der Waals surface area contributed by atoms with Crippen LogP contribution in [0.5, 0.6) is 5.75 Å². The molecule has 2 aliphatic rings. The fourth-order valence-corrected chi connectivity index (χ4v) is 2.92. The predicted octanol–water partition coefficient (Wildman–Crippen LogP) is 1.32. The number of nitrogens with one attached hydrogen (secondary N) is 1. The molecule has 1 unspecified atom stereocenters. The number of amides is 2. The molecule has 3 rings (SSSR count). The Morgan fingerprint density at radius 1 is 1.30 bits per heavy atom. The zero-order chi connectivity index (χ0) is 14.1. The van der Waals surface area contributed by atoms with Crippen LogP contribution < -0.4 is 10.1 Å². The lowest BCUT2D eigenvalue weighted by molar-refractivity contribution is -0.125. The van der Waals surface area contributed by atoms with Gasteiger partial charge < -0.3 is 15.0 Å². The number of ether oxygens (including phenoxy) is 1. The van der Waals surface area contributed by atoms with Crippen LogP contribution in [0.4, 0.5) is 0 Å². The van der Waals surface area contributed by atoms with Gasteiger partial charge in [-0.25, -0.2) is 0 Å². The summed E-state index contributed by atoms with van der Waals surface area (Å²) in [6.45, 7) is 1.20. The van der Waals surface area contributed by atoms with Crippen LogP contribution >= 0.6 is 0 Å². The van der Waals surface area contributed by atoms with Crippen molar-refractivity contribution in [1.82, 2.24) is 10.2 Å². The van der Waals surface area contributed by atoms with Crippen LogP contribution in [0.3, 0.4) is 0 Å². The third kappa shape index (κ3) is 2.13. The van der Waals surface area contributed by atoms with E-state index in [0.717, 1.165) is 30.6 Å². The standard InChI is InChI=1S/C15H18N2O3/c1-20-11-5-6-12-10(8-11)9-17(15(12)19)13-4-2-3-7-16-14(13)18/h5-6,8,13H,2-4,7,9H2,1H3,(H,16,18). The maximum Gasteiger partial charge on any atom is 0.255 e. The Labute approximate surface area is 117 Å². The SMILES string of the molecule is COc1ccc2c(c1)CN(C1CCCCNC1=O)C2=O. The van der Waals surface area contributed by atoms with E-state index in [4.69, 9.17) is 4.74 Å². The highest BCUT2D eigenvalue weighted by Gasteiger charge is 2.36. The first-order valence-corrected chi connectivity index (χ1v) is 6.96. The summed E-state index contributed by atoms with van der Waals surface area (Å²) in [4.78, 5) is 26.2. The number of nitrogens with zero attached hydrogens (tertiary/aromatic N) is 1. The first-order valence-electron chi connectivity index (χ1n) is 6.96. The number of methoxy groups -OCH3 is 1.